The molecule has 2 heterocycles. The summed E-state index contributed by atoms with van der Waals surface area (Å²) < 4.78 is 13.7. The van der Waals surface area contributed by atoms with Crippen LogP contribution in [-0.2, 0) is 9.59 Å². The molecule has 2 aliphatic heterocycles. The van der Waals surface area contributed by atoms with E-state index in [1.807, 2.05) is 55.1 Å². The highest BCUT2D eigenvalue weighted by Gasteiger charge is 2.43. The van der Waals surface area contributed by atoms with Crippen molar-refractivity contribution in [2.75, 3.05) is 19.6 Å². The molecular formula is C31H30FN3O3. The fraction of sp³-hybridized carbons (Fsp3) is 0.355. The summed E-state index contributed by atoms with van der Waals surface area (Å²) in [6.45, 7) is 5.63. The van der Waals surface area contributed by atoms with Crippen LogP contribution in [0.2, 0.25) is 0 Å². The summed E-state index contributed by atoms with van der Waals surface area (Å²) in [5.41, 5.74) is 2.10. The minimum absolute atomic E-state index is 0.0338. The predicted octanol–water partition coefficient (Wildman–Crippen LogP) is 5.08. The second kappa shape index (κ2) is 9.15. The van der Waals surface area contributed by atoms with Crippen LogP contribution in [0, 0.1) is 17.7 Å². The molecule has 194 valence electrons. The molecule has 1 aliphatic carbocycles. The molecule has 3 aromatic carbocycles. The number of carbonyl (C=O) groups excluding carboxylic acids is 3. The number of amidine groups is 1. The smallest absolute Gasteiger partial charge is 0.255 e. The Labute approximate surface area is 221 Å². The van der Waals surface area contributed by atoms with Crippen molar-refractivity contribution < 1.29 is 18.8 Å². The van der Waals surface area contributed by atoms with Gasteiger partial charge in [-0.05, 0) is 73.1 Å². The number of rotatable bonds is 6. The molecule has 0 aromatic heterocycles. The van der Waals surface area contributed by atoms with E-state index in [-0.39, 0.29) is 29.5 Å². The lowest BCUT2D eigenvalue weighted by molar-refractivity contribution is -0.131. The average Bonchev–Trinajstić information content (AvgIpc) is 3.62. The third-order valence-electron chi connectivity index (χ3n) is 7.97. The number of hydrogen-bond donors (Lipinski definition) is 0. The molecule has 0 spiro atoms. The molecule has 7 heteroatoms. The standard InChI is InChI=1S/C31H30FN3O3/c1-31(2)30(38)35(17-19-13-14-34(16-19)29(37)22-7-8-22)28(33-31)21-5-3-20(4-6-21)25-11-9-23-15-24(32)10-12-26(23)27(25)18-36/h3-6,9-12,15,18-19,22H,7-8,13-14,16-17H2,1-2H3/t19-/m1/s1. The second-order valence-corrected chi connectivity index (χ2v) is 11.2. The molecule has 3 aromatic rings. The Kier molecular flexibility index (Phi) is 5.89. The molecule has 3 aliphatic rings. The highest BCUT2D eigenvalue weighted by atomic mass is 19.1. The van der Waals surface area contributed by atoms with Crippen LogP contribution >= 0.6 is 0 Å². The number of halogens is 1. The number of aliphatic imine (C=N–C) groups is 1. The molecule has 0 bridgehead atoms. The minimum Gasteiger partial charge on any atom is -0.342 e. The molecule has 1 atom stereocenters. The molecule has 1 saturated carbocycles. The molecule has 2 amide bonds. The quantitative estimate of drug-likeness (QED) is 0.433. The molecule has 6 rings (SSSR count). The molecule has 0 unspecified atom stereocenters. The van der Waals surface area contributed by atoms with Crippen LogP contribution in [-0.4, -0.2) is 58.9 Å². The fourth-order valence-corrected chi connectivity index (χ4v) is 5.72. The Hall–Kier alpha value is -3.87. The highest BCUT2D eigenvalue weighted by Crippen LogP contribution is 2.35. The third-order valence-corrected chi connectivity index (χ3v) is 7.97. The Bertz CT molecular complexity index is 1490. The summed E-state index contributed by atoms with van der Waals surface area (Å²) in [5.74, 6) is 0.957. The number of fused-ring (bicyclic) bond motifs is 1. The molecule has 38 heavy (non-hydrogen) atoms. The summed E-state index contributed by atoms with van der Waals surface area (Å²) in [5, 5.41) is 1.38. The van der Waals surface area contributed by atoms with Crippen molar-refractivity contribution >= 4 is 34.7 Å². The van der Waals surface area contributed by atoms with Crippen LogP contribution in [0.15, 0.2) is 59.6 Å². The van der Waals surface area contributed by atoms with Gasteiger partial charge in [0.15, 0.2) is 6.29 Å². The first-order valence-corrected chi connectivity index (χ1v) is 13.2. The van der Waals surface area contributed by atoms with E-state index >= 15 is 0 Å². The van der Waals surface area contributed by atoms with Crippen LogP contribution in [0.3, 0.4) is 0 Å². The lowest BCUT2D eigenvalue weighted by Crippen LogP contribution is -2.42. The lowest BCUT2D eigenvalue weighted by Gasteiger charge is -2.24. The highest BCUT2D eigenvalue weighted by molar-refractivity contribution is 6.15. The first-order valence-electron chi connectivity index (χ1n) is 13.2. The summed E-state index contributed by atoms with van der Waals surface area (Å²) in [4.78, 5) is 46.4. The minimum atomic E-state index is -0.853. The molecule has 1 saturated heterocycles. The van der Waals surface area contributed by atoms with E-state index in [4.69, 9.17) is 4.99 Å². The molecule has 0 N–H and O–H groups in total. The zero-order valence-corrected chi connectivity index (χ0v) is 21.6. The van der Waals surface area contributed by atoms with Crippen molar-refractivity contribution in [1.82, 2.24) is 9.80 Å². The van der Waals surface area contributed by atoms with Crippen molar-refractivity contribution in [1.29, 1.82) is 0 Å². The number of benzene rings is 3. The lowest BCUT2D eigenvalue weighted by atomic mass is 9.94. The Morgan fingerprint density at radius 1 is 1.05 bits per heavy atom. The summed E-state index contributed by atoms with van der Waals surface area (Å²) in [7, 11) is 0. The number of hydrogen-bond acceptors (Lipinski definition) is 4. The zero-order chi connectivity index (χ0) is 26.6. The van der Waals surface area contributed by atoms with Gasteiger partial charge in [-0.25, -0.2) is 4.39 Å². The van der Waals surface area contributed by atoms with Crippen LogP contribution in [0.5, 0.6) is 0 Å². The van der Waals surface area contributed by atoms with E-state index in [2.05, 4.69) is 0 Å². The molecule has 0 radical (unpaired) electrons. The average molecular weight is 512 g/mol. The van der Waals surface area contributed by atoms with Gasteiger partial charge >= 0.3 is 0 Å². The van der Waals surface area contributed by atoms with Crippen LogP contribution in [0.25, 0.3) is 21.9 Å². The van der Waals surface area contributed by atoms with Crippen LogP contribution in [0.1, 0.15) is 49.0 Å². The van der Waals surface area contributed by atoms with Gasteiger partial charge in [-0.1, -0.05) is 42.5 Å². The van der Waals surface area contributed by atoms with Gasteiger partial charge in [0, 0.05) is 36.7 Å². The summed E-state index contributed by atoms with van der Waals surface area (Å²) >= 11 is 0. The van der Waals surface area contributed by atoms with Crippen molar-refractivity contribution in [3.8, 4) is 11.1 Å². The Morgan fingerprint density at radius 2 is 1.79 bits per heavy atom. The van der Waals surface area contributed by atoms with Gasteiger partial charge in [0.1, 0.15) is 17.2 Å². The van der Waals surface area contributed by atoms with Crippen LogP contribution < -0.4 is 0 Å². The Balaban J connectivity index is 1.26. The van der Waals surface area contributed by atoms with Gasteiger partial charge in [-0.2, -0.15) is 0 Å². The maximum absolute atomic E-state index is 13.7. The monoisotopic (exact) mass is 511 g/mol. The number of nitrogens with zero attached hydrogens (tertiary/aromatic N) is 3. The molecular weight excluding hydrogens is 481 g/mol. The van der Waals surface area contributed by atoms with Gasteiger partial charge in [0.2, 0.25) is 5.91 Å². The Morgan fingerprint density at radius 3 is 2.50 bits per heavy atom. The van der Waals surface area contributed by atoms with Crippen molar-refractivity contribution in [3.63, 3.8) is 0 Å². The van der Waals surface area contributed by atoms with Gasteiger partial charge in [-0.15, -0.1) is 0 Å². The number of aldehydes is 1. The van der Waals surface area contributed by atoms with Crippen molar-refractivity contribution in [3.05, 3.63) is 71.5 Å². The number of amides is 2. The van der Waals surface area contributed by atoms with E-state index in [0.29, 0.717) is 35.3 Å². The van der Waals surface area contributed by atoms with E-state index < -0.39 is 5.54 Å². The molecule has 6 nitrogen and oxygen atoms in total. The number of carbonyl (C=O) groups is 3. The van der Waals surface area contributed by atoms with E-state index in [1.54, 1.807) is 11.0 Å². The molecule has 2 fully saturated rings. The van der Waals surface area contributed by atoms with Gasteiger partial charge in [0.25, 0.3) is 5.91 Å². The third kappa shape index (κ3) is 4.30. The van der Waals surface area contributed by atoms with E-state index in [1.165, 1.54) is 12.1 Å². The normalized spacial score (nSPS) is 20.8. The topological polar surface area (TPSA) is 70.1 Å². The largest absolute Gasteiger partial charge is 0.342 e. The maximum Gasteiger partial charge on any atom is 0.255 e. The summed E-state index contributed by atoms with van der Waals surface area (Å²) in [6.07, 6.45) is 3.69. The van der Waals surface area contributed by atoms with Crippen LogP contribution in [0.4, 0.5) is 4.39 Å². The first-order chi connectivity index (χ1) is 18.2. The van der Waals surface area contributed by atoms with Gasteiger partial charge in [0.05, 0.1) is 0 Å². The van der Waals surface area contributed by atoms with E-state index in [9.17, 15) is 18.8 Å². The van der Waals surface area contributed by atoms with Crippen molar-refractivity contribution in [2.45, 2.75) is 38.6 Å². The predicted molar refractivity (Wildman–Crippen MR) is 144 cm³/mol. The first kappa shape index (κ1) is 24.5. The summed E-state index contributed by atoms with van der Waals surface area (Å²) in [6, 6.07) is 15.8. The SMILES string of the molecule is CC1(C)N=C(c2ccc(-c3ccc4cc(F)ccc4c3C=O)cc2)N(C[C@@H]2CCN(C(=O)C3CC3)C2)C1=O. The second-order valence-electron chi connectivity index (χ2n) is 11.2. The van der Waals surface area contributed by atoms with Crippen molar-refractivity contribution in [2.24, 2.45) is 16.8 Å². The van der Waals surface area contributed by atoms with E-state index in [0.717, 1.165) is 48.8 Å². The maximum atomic E-state index is 13.7. The van der Waals surface area contributed by atoms with Gasteiger partial charge in [-0.3, -0.25) is 24.3 Å². The fourth-order valence-electron chi connectivity index (χ4n) is 5.72. The zero-order valence-electron chi connectivity index (χ0n) is 21.6. The number of likely N-dealkylation sites (tertiary alicyclic amines) is 1. The van der Waals surface area contributed by atoms with Gasteiger partial charge < -0.3 is 4.90 Å².